The zero-order valence-electron chi connectivity index (χ0n) is 13.6. The van der Waals surface area contributed by atoms with Gasteiger partial charge in [0.25, 0.3) is 0 Å². The van der Waals surface area contributed by atoms with E-state index in [0.29, 0.717) is 19.7 Å². The molecule has 126 valence electrons. The van der Waals surface area contributed by atoms with Crippen LogP contribution in [0.15, 0.2) is 48.5 Å². The number of hydrogen-bond acceptors (Lipinski definition) is 2. The van der Waals surface area contributed by atoms with Crippen molar-refractivity contribution in [3.05, 3.63) is 71.2 Å². The second kappa shape index (κ2) is 5.34. The molecule has 3 heterocycles. The van der Waals surface area contributed by atoms with Crippen LogP contribution in [-0.4, -0.2) is 28.2 Å². The van der Waals surface area contributed by atoms with E-state index >= 15 is 0 Å². The third kappa shape index (κ3) is 2.22. The highest BCUT2D eigenvalue weighted by Gasteiger charge is 2.39. The predicted molar refractivity (Wildman–Crippen MR) is 91.8 cm³/mol. The van der Waals surface area contributed by atoms with Crippen LogP contribution in [-0.2, 0) is 24.2 Å². The Kier molecular flexibility index (Phi) is 3.10. The normalized spacial score (nSPS) is 19.0. The summed E-state index contributed by atoms with van der Waals surface area (Å²) in [5.41, 5.74) is 4.65. The van der Waals surface area contributed by atoms with E-state index in [0.717, 1.165) is 23.2 Å². The second-order valence-corrected chi connectivity index (χ2v) is 6.72. The van der Waals surface area contributed by atoms with Crippen LogP contribution in [0.3, 0.4) is 0 Å². The summed E-state index contributed by atoms with van der Waals surface area (Å²) in [4.78, 5) is 13.8. The molecule has 0 N–H and O–H groups in total. The van der Waals surface area contributed by atoms with Crippen LogP contribution in [0.4, 0.5) is 9.18 Å². The zero-order valence-corrected chi connectivity index (χ0v) is 13.6. The number of para-hydroxylation sites is 1. The summed E-state index contributed by atoms with van der Waals surface area (Å²) in [7, 11) is 0. The third-order valence-corrected chi connectivity index (χ3v) is 5.28. The maximum atomic E-state index is 13.2. The second-order valence-electron chi connectivity index (χ2n) is 6.72. The van der Waals surface area contributed by atoms with Crippen molar-refractivity contribution in [2.45, 2.75) is 25.6 Å². The molecule has 3 aromatic rings. The van der Waals surface area contributed by atoms with Gasteiger partial charge in [-0.1, -0.05) is 30.3 Å². The largest absolute Gasteiger partial charge is 0.447 e. The molecular formula is C20H17FN2O2. The van der Waals surface area contributed by atoms with Crippen molar-refractivity contribution in [2.24, 2.45) is 0 Å². The molecule has 1 amide bonds. The van der Waals surface area contributed by atoms with E-state index in [2.05, 4.69) is 16.7 Å². The zero-order chi connectivity index (χ0) is 17.0. The monoisotopic (exact) mass is 336 g/mol. The van der Waals surface area contributed by atoms with Crippen molar-refractivity contribution < 1.29 is 13.9 Å². The number of rotatable bonds is 2. The first kappa shape index (κ1) is 14.5. The van der Waals surface area contributed by atoms with Crippen LogP contribution in [0, 0.1) is 5.82 Å². The van der Waals surface area contributed by atoms with E-state index in [-0.39, 0.29) is 18.0 Å². The molecule has 0 spiro atoms. The number of hydrogen-bond donors (Lipinski definition) is 0. The van der Waals surface area contributed by atoms with Crippen molar-refractivity contribution in [3.63, 3.8) is 0 Å². The van der Waals surface area contributed by atoms with Gasteiger partial charge in [0.05, 0.1) is 12.6 Å². The maximum Gasteiger partial charge on any atom is 0.410 e. The highest BCUT2D eigenvalue weighted by Crippen LogP contribution is 2.35. The number of halogens is 1. The lowest BCUT2D eigenvalue weighted by Crippen LogP contribution is -2.39. The fraction of sp³-hybridized carbons (Fsp3) is 0.250. The minimum absolute atomic E-state index is 0.130. The lowest BCUT2D eigenvalue weighted by Gasteiger charge is -2.28. The average Bonchev–Trinajstić information content (AvgIpc) is 3.14. The molecule has 5 heteroatoms. The number of fused-ring (bicyclic) bond motifs is 4. The van der Waals surface area contributed by atoms with Gasteiger partial charge in [0.2, 0.25) is 0 Å². The number of carbonyl (C=O) groups is 1. The molecule has 0 bridgehead atoms. The Labute approximate surface area is 144 Å². The molecule has 2 aliphatic heterocycles. The maximum absolute atomic E-state index is 13.2. The molecule has 1 unspecified atom stereocenters. The first-order chi connectivity index (χ1) is 12.2. The number of benzene rings is 2. The SMILES string of the molecule is O=C1OCC2Cc3c(n(Cc4ccc(F)cc4)c4ccccc34)CN12. The van der Waals surface area contributed by atoms with Gasteiger partial charge in [-0.3, -0.25) is 4.90 Å². The highest BCUT2D eigenvalue weighted by atomic mass is 19.1. The molecule has 1 atom stereocenters. The number of cyclic esters (lactones) is 1. The fourth-order valence-electron chi connectivity index (χ4n) is 4.04. The number of aromatic nitrogens is 1. The van der Waals surface area contributed by atoms with Gasteiger partial charge in [-0.25, -0.2) is 9.18 Å². The standard InChI is InChI=1S/C20H17FN2O2/c21-14-7-5-13(6-8-14)10-23-18-4-2-1-3-16(18)17-9-15-12-25-20(24)22(15)11-19(17)23/h1-8,15H,9-12H2. The summed E-state index contributed by atoms with van der Waals surface area (Å²) in [5, 5.41) is 1.23. The quantitative estimate of drug-likeness (QED) is 0.715. The van der Waals surface area contributed by atoms with Gasteiger partial charge in [0, 0.05) is 23.1 Å². The molecule has 0 radical (unpaired) electrons. The molecule has 5 rings (SSSR count). The number of ether oxygens (including phenoxy) is 1. The van der Waals surface area contributed by atoms with E-state index < -0.39 is 0 Å². The fourth-order valence-corrected chi connectivity index (χ4v) is 4.04. The molecule has 1 fully saturated rings. The van der Waals surface area contributed by atoms with E-state index in [9.17, 15) is 9.18 Å². The lowest BCUT2D eigenvalue weighted by molar-refractivity contribution is 0.154. The third-order valence-electron chi connectivity index (χ3n) is 5.28. The minimum atomic E-state index is -0.231. The van der Waals surface area contributed by atoms with Crippen LogP contribution in [0.2, 0.25) is 0 Å². The molecule has 1 aromatic heterocycles. The van der Waals surface area contributed by atoms with Gasteiger partial charge in [-0.2, -0.15) is 0 Å². The molecule has 25 heavy (non-hydrogen) atoms. The molecule has 2 aliphatic rings. The van der Waals surface area contributed by atoms with Crippen LogP contribution >= 0.6 is 0 Å². The van der Waals surface area contributed by atoms with E-state index in [1.807, 2.05) is 29.2 Å². The summed E-state index contributed by atoms with van der Waals surface area (Å²) in [6, 6.07) is 15.1. The van der Waals surface area contributed by atoms with Gasteiger partial charge in [0.15, 0.2) is 0 Å². The Morgan fingerprint density at radius 3 is 2.76 bits per heavy atom. The average molecular weight is 336 g/mol. The van der Waals surface area contributed by atoms with E-state index in [1.165, 1.54) is 23.1 Å². The van der Waals surface area contributed by atoms with E-state index in [1.54, 1.807) is 0 Å². The Balaban J connectivity index is 1.64. The molecule has 1 saturated heterocycles. The summed E-state index contributed by atoms with van der Waals surface area (Å²) in [6.07, 6.45) is 0.590. The first-order valence-electron chi connectivity index (χ1n) is 8.47. The number of amides is 1. The van der Waals surface area contributed by atoms with Gasteiger partial charge in [0.1, 0.15) is 12.4 Å². The Morgan fingerprint density at radius 2 is 1.92 bits per heavy atom. The Hall–Kier alpha value is -2.82. The van der Waals surface area contributed by atoms with Gasteiger partial charge < -0.3 is 9.30 Å². The molecule has 0 aliphatic carbocycles. The summed E-state index contributed by atoms with van der Waals surface area (Å²) >= 11 is 0. The topological polar surface area (TPSA) is 34.5 Å². The summed E-state index contributed by atoms with van der Waals surface area (Å²) < 4.78 is 20.7. The van der Waals surface area contributed by atoms with Crippen molar-refractivity contribution in [3.8, 4) is 0 Å². The Bertz CT molecular complexity index is 977. The lowest BCUT2D eigenvalue weighted by atomic mass is 9.98. The molecular weight excluding hydrogens is 319 g/mol. The smallest absolute Gasteiger partial charge is 0.410 e. The highest BCUT2D eigenvalue weighted by molar-refractivity contribution is 5.86. The predicted octanol–water partition coefficient (Wildman–Crippen LogP) is 3.71. The van der Waals surface area contributed by atoms with Crippen LogP contribution in [0.25, 0.3) is 10.9 Å². The van der Waals surface area contributed by atoms with Crippen LogP contribution in [0.1, 0.15) is 16.8 Å². The van der Waals surface area contributed by atoms with Gasteiger partial charge >= 0.3 is 6.09 Å². The van der Waals surface area contributed by atoms with Crippen molar-refractivity contribution >= 4 is 17.0 Å². The molecule has 4 nitrogen and oxygen atoms in total. The van der Waals surface area contributed by atoms with Crippen molar-refractivity contribution in [1.82, 2.24) is 9.47 Å². The summed E-state index contributed by atoms with van der Waals surface area (Å²) in [6.45, 7) is 1.69. The first-order valence-corrected chi connectivity index (χ1v) is 8.47. The Morgan fingerprint density at radius 1 is 1.12 bits per heavy atom. The summed E-state index contributed by atoms with van der Waals surface area (Å²) in [5.74, 6) is -0.231. The van der Waals surface area contributed by atoms with Crippen LogP contribution < -0.4 is 0 Å². The molecule has 0 saturated carbocycles. The molecule has 2 aromatic carbocycles. The van der Waals surface area contributed by atoms with Crippen molar-refractivity contribution in [1.29, 1.82) is 0 Å². The van der Waals surface area contributed by atoms with Gasteiger partial charge in [-0.15, -0.1) is 0 Å². The van der Waals surface area contributed by atoms with Crippen LogP contribution in [0.5, 0.6) is 0 Å². The minimum Gasteiger partial charge on any atom is -0.447 e. The number of nitrogens with zero attached hydrogens (tertiary/aromatic N) is 2. The van der Waals surface area contributed by atoms with E-state index in [4.69, 9.17) is 4.74 Å². The number of carbonyl (C=O) groups excluding carboxylic acids is 1. The van der Waals surface area contributed by atoms with Crippen molar-refractivity contribution in [2.75, 3.05) is 6.61 Å². The van der Waals surface area contributed by atoms with Gasteiger partial charge in [-0.05, 0) is 35.7 Å².